The highest BCUT2D eigenvalue weighted by atomic mass is 16.7. The number of benzene rings is 1. The number of aliphatic hydroxyl groups excluding tert-OH is 4. The zero-order valence-corrected chi connectivity index (χ0v) is 33.0. The topological polar surface area (TPSA) is 164 Å². The van der Waals surface area contributed by atoms with E-state index in [1.807, 2.05) is 28.9 Å². The molecule has 2 bridgehead atoms. The first-order valence-electron chi connectivity index (χ1n) is 20.4. The van der Waals surface area contributed by atoms with E-state index in [0.29, 0.717) is 32.0 Å². The summed E-state index contributed by atoms with van der Waals surface area (Å²) in [7, 11) is 0. The number of allylic oxidation sites excluding steroid dienone is 1. The molecule has 11 nitrogen and oxygen atoms in total. The molecule has 2 aliphatic heterocycles. The van der Waals surface area contributed by atoms with Crippen LogP contribution in [0, 0.1) is 56.7 Å². The Balaban J connectivity index is 1.23. The molecule has 1 aromatic carbocycles. The number of aliphatic carboxylic acids is 1. The van der Waals surface area contributed by atoms with Crippen LogP contribution in [0.2, 0.25) is 0 Å². The first-order valence-corrected chi connectivity index (χ1v) is 20.4. The summed E-state index contributed by atoms with van der Waals surface area (Å²) in [5.74, 6) is -0.171. The maximum Gasteiger partial charge on any atom is 0.307 e. The summed E-state index contributed by atoms with van der Waals surface area (Å²) in [5.41, 5.74) is 0.335. The minimum atomic E-state index is -1.56. The van der Waals surface area contributed by atoms with Crippen LogP contribution in [0.3, 0.4) is 0 Å². The molecular formula is C43H62N2O9. The van der Waals surface area contributed by atoms with Gasteiger partial charge in [-0.2, -0.15) is 5.10 Å². The third-order valence-corrected chi connectivity index (χ3v) is 17.0. The predicted octanol–water partition coefficient (Wildman–Crippen LogP) is 5.35. The van der Waals surface area contributed by atoms with Crippen molar-refractivity contribution in [1.82, 2.24) is 9.78 Å². The third kappa shape index (κ3) is 5.17. The molecule has 1 aromatic heterocycles. The van der Waals surface area contributed by atoms with Crippen molar-refractivity contribution in [1.29, 1.82) is 0 Å². The average molecular weight is 751 g/mol. The number of aliphatic hydroxyl groups is 4. The van der Waals surface area contributed by atoms with Gasteiger partial charge >= 0.3 is 5.97 Å². The van der Waals surface area contributed by atoms with Crippen LogP contribution in [-0.2, 0) is 19.0 Å². The van der Waals surface area contributed by atoms with E-state index < -0.39 is 66.1 Å². The van der Waals surface area contributed by atoms with E-state index in [1.165, 1.54) is 5.57 Å². The van der Waals surface area contributed by atoms with Gasteiger partial charge in [-0.05, 0) is 84.5 Å². The van der Waals surface area contributed by atoms with Crippen LogP contribution in [0.5, 0.6) is 0 Å². The Labute approximate surface area is 319 Å². The fourth-order valence-electron chi connectivity index (χ4n) is 13.6. The fraction of sp³-hybridized carbons (Fsp3) is 0.767. The SMILES string of the molecule is CC(C)[C@@H](C)[C@@]1(C)CC[C@]2(C)[C@H]3CC[C@@H]4[C@@]5(COC[C@]4(C)[C@@H](O[C@@H]4O[C@H](CO)[C@@H](O)[C@H](O)[C@H]4O)[C@H](n4cc6ccccc6n4)C5)C3=CC[C@@]2(C)[C@@H]1C(=O)O. The predicted molar refractivity (Wildman–Crippen MR) is 201 cm³/mol. The van der Waals surface area contributed by atoms with Gasteiger partial charge in [0.2, 0.25) is 0 Å². The van der Waals surface area contributed by atoms with Crippen LogP contribution in [0.1, 0.15) is 93.0 Å². The number of aromatic nitrogens is 2. The van der Waals surface area contributed by atoms with Crippen molar-refractivity contribution in [2.75, 3.05) is 19.8 Å². The maximum atomic E-state index is 13.5. The standard InChI is InChI=1S/C43H62N2O9/c1-23(2)24(3)39(4)16-17-41(6)26-12-13-31-40(5)21-52-22-43(31,27(26)14-15-42(41,7)35(39)37(50)51)18-29(45-19-25-10-8-9-11-28(25)44-45)36(40)54-38-34(49)33(48)32(47)30(20-46)53-38/h8-11,14,19,23-24,26,29-36,38,46-49H,12-13,15-18,20-22H2,1-7H3,(H,50,51)/t24-,26+,29-,30-,31+,32-,33+,34-,35-,36+,38+,39-,40+,41-,42+,43+/m1/s1. The molecule has 0 unspecified atom stereocenters. The van der Waals surface area contributed by atoms with Crippen molar-refractivity contribution in [3.63, 3.8) is 0 Å². The van der Waals surface area contributed by atoms with Crippen molar-refractivity contribution >= 4 is 16.9 Å². The summed E-state index contributed by atoms with van der Waals surface area (Å²) in [6.07, 6.45) is 1.99. The van der Waals surface area contributed by atoms with Crippen LogP contribution in [0.4, 0.5) is 0 Å². The van der Waals surface area contributed by atoms with Crippen molar-refractivity contribution in [2.45, 2.75) is 130 Å². The molecule has 4 aliphatic carbocycles. The first kappa shape index (κ1) is 38.5. The van der Waals surface area contributed by atoms with Crippen molar-refractivity contribution in [2.24, 2.45) is 56.7 Å². The van der Waals surface area contributed by atoms with E-state index in [9.17, 15) is 30.3 Å². The Hall–Kier alpha value is -2.38. The van der Waals surface area contributed by atoms with Crippen molar-refractivity contribution in [3.05, 3.63) is 42.1 Å². The molecule has 3 saturated carbocycles. The highest BCUT2D eigenvalue weighted by Crippen LogP contribution is 2.75. The van der Waals surface area contributed by atoms with Gasteiger partial charge in [0.15, 0.2) is 6.29 Å². The largest absolute Gasteiger partial charge is 0.481 e. The number of carbonyl (C=O) groups is 1. The molecule has 8 rings (SSSR count). The monoisotopic (exact) mass is 750 g/mol. The lowest BCUT2D eigenvalue weighted by atomic mass is 9.34. The quantitative estimate of drug-likeness (QED) is 0.184. The molecule has 0 spiro atoms. The molecule has 0 radical (unpaired) electrons. The number of nitrogens with zero attached hydrogens (tertiary/aromatic N) is 2. The van der Waals surface area contributed by atoms with Gasteiger partial charge in [0, 0.05) is 22.4 Å². The van der Waals surface area contributed by atoms with E-state index in [0.717, 1.165) is 36.6 Å². The third-order valence-electron chi connectivity index (χ3n) is 17.0. The first-order chi connectivity index (χ1) is 25.5. The summed E-state index contributed by atoms with van der Waals surface area (Å²) in [6.45, 7) is 16.3. The lowest BCUT2D eigenvalue weighted by Gasteiger charge is -2.71. The van der Waals surface area contributed by atoms with Gasteiger partial charge in [0.1, 0.15) is 24.4 Å². The number of hydrogen-bond donors (Lipinski definition) is 5. The second-order valence-electron chi connectivity index (χ2n) is 19.5. The molecule has 0 amide bonds. The summed E-state index contributed by atoms with van der Waals surface area (Å²) in [6, 6.07) is 7.68. The highest BCUT2D eigenvalue weighted by molar-refractivity contribution is 5.77. The van der Waals surface area contributed by atoms with Gasteiger partial charge < -0.3 is 39.7 Å². The molecule has 5 fully saturated rings. The van der Waals surface area contributed by atoms with Gasteiger partial charge in [-0.1, -0.05) is 78.3 Å². The minimum Gasteiger partial charge on any atom is -0.481 e. The number of carboxylic acids is 1. The zero-order chi connectivity index (χ0) is 38.7. The highest BCUT2D eigenvalue weighted by Gasteiger charge is 2.72. The normalized spacial score (nSPS) is 48.0. The van der Waals surface area contributed by atoms with E-state index in [2.05, 4.69) is 60.7 Å². The van der Waals surface area contributed by atoms with Gasteiger partial charge in [-0.15, -0.1) is 0 Å². The number of carboxylic acid groups (broad SMARTS) is 1. The van der Waals surface area contributed by atoms with Gasteiger partial charge in [0.25, 0.3) is 0 Å². The summed E-state index contributed by atoms with van der Waals surface area (Å²) in [4.78, 5) is 13.5. The molecule has 16 atom stereocenters. The second-order valence-corrected chi connectivity index (χ2v) is 19.5. The molecule has 11 heteroatoms. The summed E-state index contributed by atoms with van der Waals surface area (Å²) >= 11 is 0. The zero-order valence-electron chi connectivity index (χ0n) is 33.0. The molecular weight excluding hydrogens is 688 g/mol. The van der Waals surface area contributed by atoms with Crippen LogP contribution < -0.4 is 0 Å². The van der Waals surface area contributed by atoms with Crippen molar-refractivity contribution in [3.8, 4) is 0 Å². The Kier molecular flexibility index (Phi) is 9.32. The van der Waals surface area contributed by atoms with Gasteiger partial charge in [-0.3, -0.25) is 9.48 Å². The van der Waals surface area contributed by atoms with Crippen molar-refractivity contribution < 1.29 is 44.5 Å². The molecule has 2 saturated heterocycles. The Bertz CT molecular complexity index is 1760. The maximum absolute atomic E-state index is 13.5. The van der Waals surface area contributed by atoms with E-state index in [1.54, 1.807) is 0 Å². The number of hydrogen-bond acceptors (Lipinski definition) is 9. The number of ether oxygens (including phenoxy) is 3. The Morgan fingerprint density at radius 3 is 2.43 bits per heavy atom. The molecule has 5 N–H and O–H groups in total. The second kappa shape index (κ2) is 13.1. The minimum absolute atomic E-state index is 0.149. The van der Waals surface area contributed by atoms with E-state index in [4.69, 9.17) is 19.3 Å². The molecule has 298 valence electrons. The van der Waals surface area contributed by atoms with E-state index >= 15 is 0 Å². The number of rotatable bonds is 7. The summed E-state index contributed by atoms with van der Waals surface area (Å²) < 4.78 is 21.6. The van der Waals surface area contributed by atoms with Crippen LogP contribution in [-0.4, -0.2) is 97.9 Å². The Morgan fingerprint density at radius 2 is 1.74 bits per heavy atom. The molecule has 2 aromatic rings. The Morgan fingerprint density at radius 1 is 1.00 bits per heavy atom. The lowest BCUT2D eigenvalue weighted by Crippen LogP contribution is -2.70. The van der Waals surface area contributed by atoms with Crippen LogP contribution in [0.15, 0.2) is 42.1 Å². The van der Waals surface area contributed by atoms with Gasteiger partial charge in [0.05, 0.1) is 43.4 Å². The van der Waals surface area contributed by atoms with Crippen LogP contribution in [0.25, 0.3) is 10.9 Å². The van der Waals surface area contributed by atoms with Gasteiger partial charge in [-0.25, -0.2) is 0 Å². The lowest BCUT2D eigenvalue weighted by molar-refractivity contribution is -0.343. The number of fused-ring (bicyclic) bond motifs is 4. The average Bonchev–Trinajstić information content (AvgIpc) is 3.57. The fourth-order valence-corrected chi connectivity index (χ4v) is 13.6. The smallest absolute Gasteiger partial charge is 0.307 e. The molecule has 3 heterocycles. The molecule has 54 heavy (non-hydrogen) atoms. The van der Waals surface area contributed by atoms with Crippen LogP contribution >= 0.6 is 0 Å². The summed E-state index contributed by atoms with van der Waals surface area (Å²) in [5, 5.41) is 59.7. The molecule has 6 aliphatic rings. The van der Waals surface area contributed by atoms with E-state index in [-0.39, 0.29) is 40.0 Å².